The van der Waals surface area contributed by atoms with Crippen molar-refractivity contribution in [3.05, 3.63) is 88.1 Å². The molecule has 4 rings (SSSR count). The minimum Gasteiger partial charge on any atom is -0.354 e. The van der Waals surface area contributed by atoms with Crippen molar-refractivity contribution in [2.24, 2.45) is 0 Å². The van der Waals surface area contributed by atoms with E-state index in [1.165, 1.54) is 5.56 Å². The molecule has 5 nitrogen and oxygen atoms in total. The number of fused-ring (bicyclic) bond motifs is 2. The number of aromatic nitrogens is 1. The number of hydrogen-bond donors (Lipinski definition) is 2. The van der Waals surface area contributed by atoms with Crippen molar-refractivity contribution < 1.29 is 4.79 Å². The lowest BCUT2D eigenvalue weighted by molar-refractivity contribution is 0.102. The molecular weight excluding hydrogens is 350 g/mol. The average molecular weight is 371 g/mol. The summed E-state index contributed by atoms with van der Waals surface area (Å²) in [5, 5.41) is 4.05. The lowest BCUT2D eigenvalue weighted by atomic mass is 10.1. The molecule has 5 heteroatoms. The van der Waals surface area contributed by atoms with Crippen LogP contribution < -0.4 is 10.7 Å². The van der Waals surface area contributed by atoms with Crippen LogP contribution in [0.5, 0.6) is 0 Å². The predicted molar refractivity (Wildman–Crippen MR) is 114 cm³/mol. The third-order valence-electron chi connectivity index (χ3n) is 4.70. The van der Waals surface area contributed by atoms with E-state index in [-0.39, 0.29) is 11.3 Å². The molecule has 0 spiro atoms. The van der Waals surface area contributed by atoms with Gasteiger partial charge in [-0.15, -0.1) is 0 Å². The van der Waals surface area contributed by atoms with E-state index in [0.29, 0.717) is 33.1 Å². The molecule has 4 aromatic rings. The van der Waals surface area contributed by atoms with Crippen LogP contribution in [-0.2, 0) is 6.54 Å². The van der Waals surface area contributed by atoms with E-state index in [9.17, 15) is 9.59 Å². The molecule has 1 aromatic heterocycles. The first-order valence-electron chi connectivity index (χ1n) is 9.12. The Hall–Kier alpha value is -3.44. The minimum atomic E-state index is -0.253. The van der Waals surface area contributed by atoms with Gasteiger partial charge < -0.3 is 15.2 Å². The molecular formula is C23H21N3O2. The van der Waals surface area contributed by atoms with E-state index in [1.54, 1.807) is 24.3 Å². The molecule has 0 atom stereocenters. The molecule has 0 aliphatic rings. The summed E-state index contributed by atoms with van der Waals surface area (Å²) in [5.41, 5.74) is 3.52. The van der Waals surface area contributed by atoms with Gasteiger partial charge >= 0.3 is 0 Å². The molecule has 0 bridgehead atoms. The van der Waals surface area contributed by atoms with Crippen molar-refractivity contribution in [3.63, 3.8) is 0 Å². The first-order chi connectivity index (χ1) is 13.5. The normalized spacial score (nSPS) is 11.2. The smallest absolute Gasteiger partial charge is 0.257 e. The van der Waals surface area contributed by atoms with E-state index in [4.69, 9.17) is 0 Å². The number of carbonyl (C=O) groups is 1. The van der Waals surface area contributed by atoms with E-state index in [0.717, 1.165) is 6.54 Å². The topological polar surface area (TPSA) is 65.2 Å². The quantitative estimate of drug-likeness (QED) is 0.533. The van der Waals surface area contributed by atoms with E-state index in [2.05, 4.69) is 15.2 Å². The van der Waals surface area contributed by atoms with E-state index in [1.807, 2.05) is 56.6 Å². The molecule has 140 valence electrons. The second-order valence-corrected chi connectivity index (χ2v) is 7.12. The number of carbonyl (C=O) groups excluding carboxylic acids is 1. The number of amides is 1. The molecule has 0 unspecified atom stereocenters. The molecule has 0 fully saturated rings. The fraction of sp³-hybridized carbons (Fsp3) is 0.130. The fourth-order valence-corrected chi connectivity index (χ4v) is 3.39. The maximum absolute atomic E-state index is 12.9. The van der Waals surface area contributed by atoms with E-state index < -0.39 is 0 Å². The highest BCUT2D eigenvalue weighted by Gasteiger charge is 2.14. The zero-order valence-electron chi connectivity index (χ0n) is 15.8. The van der Waals surface area contributed by atoms with Crippen LogP contribution in [0.2, 0.25) is 0 Å². The molecule has 0 saturated carbocycles. The second-order valence-electron chi connectivity index (χ2n) is 7.12. The number of para-hydroxylation sites is 2. The molecule has 0 aliphatic carbocycles. The Labute approximate surface area is 162 Å². The zero-order valence-corrected chi connectivity index (χ0v) is 15.8. The third-order valence-corrected chi connectivity index (χ3v) is 4.70. The summed E-state index contributed by atoms with van der Waals surface area (Å²) in [6.07, 6.45) is 0. The van der Waals surface area contributed by atoms with Gasteiger partial charge in [-0.05, 0) is 56.1 Å². The SMILES string of the molecule is CN(C)Cc1ccc(NC(=O)c2cccc3c(=O)c4ccccc4[nH]c23)cc1. The van der Waals surface area contributed by atoms with Crippen LogP contribution in [0.25, 0.3) is 21.8 Å². The minimum absolute atomic E-state index is 0.0768. The average Bonchev–Trinajstić information content (AvgIpc) is 2.69. The predicted octanol–water partition coefficient (Wildman–Crippen LogP) is 4.00. The van der Waals surface area contributed by atoms with Gasteiger partial charge in [0.05, 0.1) is 11.1 Å². The summed E-state index contributed by atoms with van der Waals surface area (Å²) >= 11 is 0. The Morgan fingerprint density at radius 2 is 1.64 bits per heavy atom. The fourth-order valence-electron chi connectivity index (χ4n) is 3.39. The summed E-state index contributed by atoms with van der Waals surface area (Å²) in [6.45, 7) is 0.839. The number of benzene rings is 3. The standard InChI is InChI=1S/C23H21N3O2/c1-26(2)14-15-10-12-16(13-11-15)24-23(28)19-8-5-7-18-21(19)25-20-9-4-3-6-17(20)22(18)27/h3-13H,14H2,1-2H3,(H,24,28)(H,25,27). The Morgan fingerprint density at radius 1 is 0.929 bits per heavy atom. The molecule has 0 radical (unpaired) electrons. The van der Waals surface area contributed by atoms with Gasteiger partial charge in [0.15, 0.2) is 5.43 Å². The van der Waals surface area contributed by atoms with Gasteiger partial charge in [0.2, 0.25) is 0 Å². The van der Waals surface area contributed by atoms with Crippen molar-refractivity contribution in [3.8, 4) is 0 Å². The van der Waals surface area contributed by atoms with Gasteiger partial charge in [-0.1, -0.05) is 30.3 Å². The Bertz CT molecular complexity index is 1220. The van der Waals surface area contributed by atoms with Crippen LogP contribution in [0.1, 0.15) is 15.9 Å². The van der Waals surface area contributed by atoms with Gasteiger partial charge in [0, 0.05) is 28.5 Å². The van der Waals surface area contributed by atoms with Crippen molar-refractivity contribution in [2.45, 2.75) is 6.54 Å². The van der Waals surface area contributed by atoms with E-state index >= 15 is 0 Å². The van der Waals surface area contributed by atoms with Crippen LogP contribution >= 0.6 is 0 Å². The van der Waals surface area contributed by atoms with Crippen molar-refractivity contribution in [1.29, 1.82) is 0 Å². The first-order valence-corrected chi connectivity index (χ1v) is 9.12. The van der Waals surface area contributed by atoms with Gasteiger partial charge in [0.1, 0.15) is 0 Å². The van der Waals surface area contributed by atoms with Crippen molar-refractivity contribution in [1.82, 2.24) is 9.88 Å². The molecule has 3 aromatic carbocycles. The number of H-pyrrole nitrogens is 1. The number of anilines is 1. The number of hydrogen-bond acceptors (Lipinski definition) is 3. The maximum Gasteiger partial charge on any atom is 0.257 e. The summed E-state index contributed by atoms with van der Waals surface area (Å²) in [4.78, 5) is 31.0. The number of aromatic amines is 1. The molecule has 0 saturated heterocycles. The summed E-state index contributed by atoms with van der Waals surface area (Å²) < 4.78 is 0. The zero-order chi connectivity index (χ0) is 19.7. The largest absolute Gasteiger partial charge is 0.354 e. The Kier molecular flexibility index (Phi) is 4.67. The number of nitrogens with zero attached hydrogens (tertiary/aromatic N) is 1. The molecule has 1 heterocycles. The Balaban J connectivity index is 1.70. The lowest BCUT2D eigenvalue weighted by Crippen LogP contribution is -2.15. The molecule has 0 aliphatic heterocycles. The molecule has 2 N–H and O–H groups in total. The first kappa shape index (κ1) is 17.9. The van der Waals surface area contributed by atoms with Crippen LogP contribution in [0.15, 0.2) is 71.5 Å². The maximum atomic E-state index is 12.9. The van der Waals surface area contributed by atoms with Crippen LogP contribution in [0.3, 0.4) is 0 Å². The van der Waals surface area contributed by atoms with Gasteiger partial charge in [-0.25, -0.2) is 0 Å². The van der Waals surface area contributed by atoms with Gasteiger partial charge in [-0.2, -0.15) is 0 Å². The second kappa shape index (κ2) is 7.29. The summed E-state index contributed by atoms with van der Waals surface area (Å²) in [5.74, 6) is -0.253. The van der Waals surface area contributed by atoms with Crippen LogP contribution in [0.4, 0.5) is 5.69 Å². The molecule has 1 amide bonds. The van der Waals surface area contributed by atoms with Crippen molar-refractivity contribution >= 4 is 33.4 Å². The van der Waals surface area contributed by atoms with Crippen LogP contribution in [0, 0.1) is 0 Å². The van der Waals surface area contributed by atoms with Crippen molar-refractivity contribution in [2.75, 3.05) is 19.4 Å². The molecule has 28 heavy (non-hydrogen) atoms. The number of pyridine rings is 1. The highest BCUT2D eigenvalue weighted by molar-refractivity contribution is 6.13. The van der Waals surface area contributed by atoms with Gasteiger partial charge in [-0.3, -0.25) is 9.59 Å². The Morgan fingerprint density at radius 3 is 2.39 bits per heavy atom. The van der Waals surface area contributed by atoms with Crippen LogP contribution in [-0.4, -0.2) is 29.9 Å². The number of nitrogens with one attached hydrogen (secondary N) is 2. The highest BCUT2D eigenvalue weighted by atomic mass is 16.1. The third kappa shape index (κ3) is 3.40. The monoisotopic (exact) mass is 371 g/mol. The van der Waals surface area contributed by atoms with Gasteiger partial charge in [0.25, 0.3) is 5.91 Å². The number of rotatable bonds is 4. The summed E-state index contributed by atoms with van der Waals surface area (Å²) in [7, 11) is 4.03. The highest BCUT2D eigenvalue weighted by Crippen LogP contribution is 2.20. The lowest BCUT2D eigenvalue weighted by Gasteiger charge is -2.11. The summed E-state index contributed by atoms with van der Waals surface area (Å²) in [6, 6.07) is 20.3.